The number of halogens is 2. The molecule has 0 aliphatic heterocycles. The number of hydrogen-bond acceptors (Lipinski definition) is 5. The SMILES string of the molecule is CC[C@@H](C)c1ccc2oc(-c3ccc(NC(=S)NC(=O)c4sc5cc(Cl)ccc5c4Cl)cc3)nc2c1. The van der Waals surface area contributed by atoms with Crippen LogP contribution in [0.1, 0.15) is 41.4 Å². The number of amides is 1. The third-order valence-corrected chi connectivity index (χ3v) is 8.10. The van der Waals surface area contributed by atoms with E-state index in [0.717, 1.165) is 33.2 Å². The van der Waals surface area contributed by atoms with Crippen LogP contribution in [0.2, 0.25) is 10.0 Å². The van der Waals surface area contributed by atoms with Crippen LogP contribution in [0.5, 0.6) is 0 Å². The minimum atomic E-state index is -0.380. The number of anilines is 1. The van der Waals surface area contributed by atoms with Crippen LogP contribution >= 0.6 is 46.8 Å². The molecule has 5 aromatic rings. The molecule has 0 unspecified atom stereocenters. The van der Waals surface area contributed by atoms with Gasteiger partial charge in [-0.1, -0.05) is 49.2 Å². The van der Waals surface area contributed by atoms with Crippen LogP contribution in [0.15, 0.2) is 65.1 Å². The highest BCUT2D eigenvalue weighted by Gasteiger charge is 2.18. The van der Waals surface area contributed by atoms with E-state index in [1.807, 2.05) is 30.3 Å². The van der Waals surface area contributed by atoms with Gasteiger partial charge in [-0.15, -0.1) is 11.3 Å². The second-order valence-electron chi connectivity index (χ2n) is 8.43. The summed E-state index contributed by atoms with van der Waals surface area (Å²) in [7, 11) is 0. The second-order valence-corrected chi connectivity index (χ2v) is 10.7. The Morgan fingerprint density at radius 1 is 1.11 bits per heavy atom. The van der Waals surface area contributed by atoms with E-state index in [2.05, 4.69) is 41.6 Å². The Balaban J connectivity index is 1.27. The predicted molar refractivity (Wildman–Crippen MR) is 154 cm³/mol. The molecule has 0 aliphatic carbocycles. The van der Waals surface area contributed by atoms with Gasteiger partial charge in [-0.25, -0.2) is 4.98 Å². The van der Waals surface area contributed by atoms with Crippen LogP contribution in [-0.2, 0) is 0 Å². The molecule has 0 fully saturated rings. The standard InChI is InChI=1S/C27H21Cl2N3O2S2/c1-3-14(2)16-6-11-21-20(12-16)31-26(34-21)15-4-8-18(9-5-15)30-27(35)32-25(33)24-23(29)19-10-7-17(28)13-22(19)36-24/h4-14H,3H2,1-2H3,(H2,30,32,33,35)/t14-/m1/s1. The Morgan fingerprint density at radius 3 is 2.64 bits per heavy atom. The Hall–Kier alpha value is -2.97. The fourth-order valence-electron chi connectivity index (χ4n) is 3.81. The number of carbonyl (C=O) groups excluding carboxylic acids is 1. The summed E-state index contributed by atoms with van der Waals surface area (Å²) < 4.78 is 6.79. The second kappa shape index (κ2) is 10.2. The van der Waals surface area contributed by atoms with Crippen LogP contribution in [0.3, 0.4) is 0 Å². The predicted octanol–water partition coefficient (Wildman–Crippen LogP) is 8.66. The van der Waals surface area contributed by atoms with Gasteiger partial charge in [0.05, 0.1) is 5.02 Å². The van der Waals surface area contributed by atoms with Gasteiger partial charge < -0.3 is 9.73 Å². The average Bonchev–Trinajstić information content (AvgIpc) is 3.44. The average molecular weight is 555 g/mol. The van der Waals surface area contributed by atoms with Crippen molar-refractivity contribution in [3.8, 4) is 11.5 Å². The van der Waals surface area contributed by atoms with E-state index in [1.54, 1.807) is 18.2 Å². The van der Waals surface area contributed by atoms with Crippen LogP contribution in [0.25, 0.3) is 32.6 Å². The molecule has 5 nitrogen and oxygen atoms in total. The summed E-state index contributed by atoms with van der Waals surface area (Å²) in [5.41, 5.74) is 4.41. The quantitative estimate of drug-likeness (QED) is 0.213. The highest BCUT2D eigenvalue weighted by atomic mass is 35.5. The summed E-state index contributed by atoms with van der Waals surface area (Å²) >= 11 is 19.1. The maximum absolute atomic E-state index is 12.8. The number of rotatable bonds is 5. The highest BCUT2D eigenvalue weighted by Crippen LogP contribution is 2.36. The summed E-state index contributed by atoms with van der Waals surface area (Å²) in [5.74, 6) is 0.639. The number of hydrogen-bond donors (Lipinski definition) is 2. The summed E-state index contributed by atoms with van der Waals surface area (Å²) in [6.07, 6.45) is 1.07. The van der Waals surface area contributed by atoms with E-state index in [1.165, 1.54) is 16.9 Å². The molecular formula is C27H21Cl2N3O2S2. The number of nitrogens with one attached hydrogen (secondary N) is 2. The minimum Gasteiger partial charge on any atom is -0.436 e. The molecule has 182 valence electrons. The van der Waals surface area contributed by atoms with Gasteiger partial charge in [0.1, 0.15) is 10.4 Å². The van der Waals surface area contributed by atoms with Crippen molar-refractivity contribution in [1.29, 1.82) is 0 Å². The Morgan fingerprint density at radius 2 is 1.89 bits per heavy atom. The molecular weight excluding hydrogens is 533 g/mol. The summed E-state index contributed by atoms with van der Waals surface area (Å²) in [6.45, 7) is 4.37. The molecule has 0 saturated carbocycles. The molecule has 1 amide bonds. The zero-order valence-corrected chi connectivity index (χ0v) is 22.5. The smallest absolute Gasteiger partial charge is 0.269 e. The number of aromatic nitrogens is 1. The third-order valence-electron chi connectivity index (χ3n) is 6.01. The number of carbonyl (C=O) groups is 1. The van der Waals surface area contributed by atoms with Gasteiger partial charge in [0.15, 0.2) is 10.7 Å². The molecule has 0 aliphatic rings. The van der Waals surface area contributed by atoms with Crippen molar-refractivity contribution in [3.05, 3.63) is 81.1 Å². The third kappa shape index (κ3) is 4.97. The van der Waals surface area contributed by atoms with Crippen molar-refractivity contribution in [1.82, 2.24) is 10.3 Å². The lowest BCUT2D eigenvalue weighted by Gasteiger charge is -2.09. The van der Waals surface area contributed by atoms with Gasteiger partial charge in [0.25, 0.3) is 5.91 Å². The van der Waals surface area contributed by atoms with Gasteiger partial charge in [-0.3, -0.25) is 10.1 Å². The summed E-state index contributed by atoms with van der Waals surface area (Å²) in [4.78, 5) is 17.8. The van der Waals surface area contributed by atoms with Crippen molar-refractivity contribution >= 4 is 84.6 Å². The van der Waals surface area contributed by atoms with Crippen molar-refractivity contribution in [2.45, 2.75) is 26.2 Å². The van der Waals surface area contributed by atoms with Gasteiger partial charge in [0, 0.05) is 26.4 Å². The lowest BCUT2D eigenvalue weighted by atomic mass is 9.98. The van der Waals surface area contributed by atoms with Crippen LogP contribution in [0, 0.1) is 0 Å². The molecule has 2 aromatic heterocycles. The monoisotopic (exact) mass is 553 g/mol. The molecule has 36 heavy (non-hydrogen) atoms. The first-order chi connectivity index (χ1) is 17.3. The molecule has 1 atom stereocenters. The fourth-order valence-corrected chi connectivity index (χ4v) is 5.71. The van der Waals surface area contributed by atoms with E-state index in [9.17, 15) is 4.79 Å². The van der Waals surface area contributed by atoms with Crippen LogP contribution in [-0.4, -0.2) is 16.0 Å². The zero-order valence-electron chi connectivity index (χ0n) is 19.4. The molecule has 0 bridgehead atoms. The number of oxazole rings is 1. The first-order valence-electron chi connectivity index (χ1n) is 11.3. The lowest BCUT2D eigenvalue weighted by molar-refractivity contribution is 0.0982. The normalized spacial score (nSPS) is 12.1. The molecule has 0 spiro atoms. The molecule has 0 saturated heterocycles. The first-order valence-corrected chi connectivity index (χ1v) is 13.3. The lowest BCUT2D eigenvalue weighted by Crippen LogP contribution is -2.33. The number of benzene rings is 3. The Labute approximate surface area is 227 Å². The Bertz CT molecular complexity index is 1610. The molecule has 2 N–H and O–H groups in total. The van der Waals surface area contributed by atoms with Crippen molar-refractivity contribution in [2.75, 3.05) is 5.32 Å². The van der Waals surface area contributed by atoms with Crippen molar-refractivity contribution < 1.29 is 9.21 Å². The van der Waals surface area contributed by atoms with E-state index < -0.39 is 0 Å². The summed E-state index contributed by atoms with van der Waals surface area (Å²) in [6, 6.07) is 19.0. The topological polar surface area (TPSA) is 67.2 Å². The van der Waals surface area contributed by atoms with E-state index in [0.29, 0.717) is 32.4 Å². The van der Waals surface area contributed by atoms with Crippen LogP contribution in [0.4, 0.5) is 5.69 Å². The maximum atomic E-state index is 12.8. The molecule has 5 rings (SSSR count). The van der Waals surface area contributed by atoms with Crippen molar-refractivity contribution in [3.63, 3.8) is 0 Å². The van der Waals surface area contributed by atoms with Gasteiger partial charge in [0.2, 0.25) is 5.89 Å². The summed E-state index contributed by atoms with van der Waals surface area (Å²) in [5, 5.41) is 7.62. The molecule has 0 radical (unpaired) electrons. The van der Waals surface area contributed by atoms with E-state index >= 15 is 0 Å². The van der Waals surface area contributed by atoms with Gasteiger partial charge in [-0.05, 0) is 78.7 Å². The number of thiocarbonyl (C=S) groups is 1. The zero-order chi connectivity index (χ0) is 25.4. The number of thiophene rings is 1. The van der Waals surface area contributed by atoms with Crippen LogP contribution < -0.4 is 10.6 Å². The fraction of sp³-hybridized carbons (Fsp3) is 0.148. The largest absolute Gasteiger partial charge is 0.436 e. The van der Waals surface area contributed by atoms with Gasteiger partial charge in [-0.2, -0.15) is 0 Å². The molecule has 9 heteroatoms. The number of nitrogens with zero attached hydrogens (tertiary/aromatic N) is 1. The number of fused-ring (bicyclic) bond motifs is 2. The molecule has 2 heterocycles. The minimum absolute atomic E-state index is 0.166. The first kappa shape index (κ1) is 24.7. The molecule has 3 aromatic carbocycles. The van der Waals surface area contributed by atoms with Gasteiger partial charge >= 0.3 is 0 Å². The van der Waals surface area contributed by atoms with E-state index in [-0.39, 0.29) is 11.0 Å². The maximum Gasteiger partial charge on any atom is 0.269 e. The van der Waals surface area contributed by atoms with Crippen molar-refractivity contribution in [2.24, 2.45) is 0 Å². The van der Waals surface area contributed by atoms with E-state index in [4.69, 9.17) is 39.8 Å². The Kier molecular flexibility index (Phi) is 6.99. The highest BCUT2D eigenvalue weighted by molar-refractivity contribution is 7.80.